The molecule has 102 valence electrons. The van der Waals surface area contributed by atoms with Crippen molar-refractivity contribution >= 4 is 37.5 Å². The van der Waals surface area contributed by atoms with Gasteiger partial charge in [0.2, 0.25) is 0 Å². The fourth-order valence-corrected chi connectivity index (χ4v) is 3.21. The SMILES string of the molecule is CCCCCc1ccc2c(ccc3cc(Br)ccc32)c1. The standard InChI is InChI=1S/C19H19Br/c1-2-3-4-5-14-6-10-18-15(12-14)7-8-16-13-17(20)9-11-19(16)18/h6-13H,2-5H2,1H3. The van der Waals surface area contributed by atoms with Gasteiger partial charge in [0.05, 0.1) is 0 Å². The van der Waals surface area contributed by atoms with Crippen LogP contribution in [0.2, 0.25) is 0 Å². The van der Waals surface area contributed by atoms with Crippen molar-refractivity contribution in [2.45, 2.75) is 32.6 Å². The Balaban J connectivity index is 2.03. The van der Waals surface area contributed by atoms with E-state index < -0.39 is 0 Å². The minimum atomic E-state index is 1.14. The van der Waals surface area contributed by atoms with Crippen molar-refractivity contribution in [3.05, 3.63) is 58.6 Å². The van der Waals surface area contributed by atoms with Gasteiger partial charge in [-0.3, -0.25) is 0 Å². The van der Waals surface area contributed by atoms with Crippen molar-refractivity contribution in [3.63, 3.8) is 0 Å². The van der Waals surface area contributed by atoms with Crippen LogP contribution in [0.4, 0.5) is 0 Å². The zero-order chi connectivity index (χ0) is 13.9. The molecule has 20 heavy (non-hydrogen) atoms. The van der Waals surface area contributed by atoms with Gasteiger partial charge in [-0.15, -0.1) is 0 Å². The van der Waals surface area contributed by atoms with Crippen LogP contribution >= 0.6 is 15.9 Å². The molecule has 3 aromatic carbocycles. The Kier molecular flexibility index (Phi) is 4.07. The summed E-state index contributed by atoms with van der Waals surface area (Å²) in [4.78, 5) is 0. The third kappa shape index (κ3) is 2.73. The third-order valence-electron chi connectivity index (χ3n) is 3.93. The Morgan fingerprint density at radius 3 is 2.25 bits per heavy atom. The summed E-state index contributed by atoms with van der Waals surface area (Å²) in [6, 6.07) is 17.9. The van der Waals surface area contributed by atoms with Crippen LogP contribution in [0.5, 0.6) is 0 Å². The number of hydrogen-bond acceptors (Lipinski definition) is 0. The van der Waals surface area contributed by atoms with Gasteiger partial charge in [0, 0.05) is 4.47 Å². The van der Waals surface area contributed by atoms with Crippen LogP contribution < -0.4 is 0 Å². The maximum Gasteiger partial charge on any atom is 0.0181 e. The number of benzene rings is 3. The van der Waals surface area contributed by atoms with E-state index in [1.165, 1.54) is 52.8 Å². The average Bonchev–Trinajstić information content (AvgIpc) is 2.47. The first-order valence-corrected chi connectivity index (χ1v) is 8.18. The van der Waals surface area contributed by atoms with Crippen LogP contribution in [-0.2, 0) is 6.42 Å². The smallest absolute Gasteiger partial charge is 0.0181 e. The van der Waals surface area contributed by atoms with Gasteiger partial charge < -0.3 is 0 Å². The predicted molar refractivity (Wildman–Crippen MR) is 92.4 cm³/mol. The minimum Gasteiger partial charge on any atom is -0.0654 e. The van der Waals surface area contributed by atoms with Gasteiger partial charge in [-0.1, -0.05) is 72.1 Å². The van der Waals surface area contributed by atoms with Gasteiger partial charge in [-0.25, -0.2) is 0 Å². The molecule has 0 aromatic heterocycles. The lowest BCUT2D eigenvalue weighted by Gasteiger charge is -2.07. The molecule has 0 unspecified atom stereocenters. The fourth-order valence-electron chi connectivity index (χ4n) is 2.83. The van der Waals surface area contributed by atoms with Gasteiger partial charge in [0.25, 0.3) is 0 Å². The van der Waals surface area contributed by atoms with Crippen LogP contribution in [0, 0.1) is 0 Å². The number of hydrogen-bond donors (Lipinski definition) is 0. The molecule has 1 heteroatoms. The van der Waals surface area contributed by atoms with E-state index in [2.05, 4.69) is 71.4 Å². The van der Waals surface area contributed by atoms with E-state index in [1.807, 2.05) is 0 Å². The van der Waals surface area contributed by atoms with E-state index in [1.54, 1.807) is 0 Å². The molecule has 3 rings (SSSR count). The fraction of sp³-hybridized carbons (Fsp3) is 0.263. The third-order valence-corrected chi connectivity index (χ3v) is 4.42. The average molecular weight is 327 g/mol. The molecule has 0 radical (unpaired) electrons. The van der Waals surface area contributed by atoms with E-state index in [4.69, 9.17) is 0 Å². The van der Waals surface area contributed by atoms with Crippen molar-refractivity contribution < 1.29 is 0 Å². The molecule has 0 nitrogen and oxygen atoms in total. The molecule has 0 N–H and O–H groups in total. The van der Waals surface area contributed by atoms with E-state index >= 15 is 0 Å². The lowest BCUT2D eigenvalue weighted by atomic mass is 9.98. The van der Waals surface area contributed by atoms with Crippen molar-refractivity contribution in [2.24, 2.45) is 0 Å². The van der Waals surface area contributed by atoms with Gasteiger partial charge in [-0.05, 0) is 52.1 Å². The number of halogens is 1. The van der Waals surface area contributed by atoms with Crippen molar-refractivity contribution in [2.75, 3.05) is 0 Å². The Labute approximate surface area is 128 Å². The Morgan fingerprint density at radius 2 is 1.50 bits per heavy atom. The zero-order valence-electron chi connectivity index (χ0n) is 11.8. The van der Waals surface area contributed by atoms with E-state index in [9.17, 15) is 0 Å². The molecule has 0 aliphatic heterocycles. The molecule has 0 heterocycles. The Morgan fingerprint density at radius 1 is 0.800 bits per heavy atom. The van der Waals surface area contributed by atoms with E-state index in [0.717, 1.165) is 4.47 Å². The normalized spacial score (nSPS) is 11.3. The molecular weight excluding hydrogens is 308 g/mol. The van der Waals surface area contributed by atoms with Crippen LogP contribution in [0.3, 0.4) is 0 Å². The Bertz CT molecular complexity index is 743. The minimum absolute atomic E-state index is 1.14. The predicted octanol–water partition coefficient (Wildman–Crippen LogP) is 6.49. The van der Waals surface area contributed by atoms with Gasteiger partial charge >= 0.3 is 0 Å². The van der Waals surface area contributed by atoms with Gasteiger partial charge in [0.15, 0.2) is 0 Å². The van der Waals surface area contributed by atoms with Gasteiger partial charge in [0.1, 0.15) is 0 Å². The molecule has 0 atom stereocenters. The highest BCUT2D eigenvalue weighted by Crippen LogP contribution is 2.28. The van der Waals surface area contributed by atoms with Crippen molar-refractivity contribution in [1.29, 1.82) is 0 Å². The highest BCUT2D eigenvalue weighted by Gasteiger charge is 2.02. The highest BCUT2D eigenvalue weighted by atomic mass is 79.9. The monoisotopic (exact) mass is 326 g/mol. The quantitative estimate of drug-likeness (QED) is 0.379. The maximum absolute atomic E-state index is 3.54. The van der Waals surface area contributed by atoms with Crippen molar-refractivity contribution in [3.8, 4) is 0 Å². The first-order chi connectivity index (χ1) is 9.78. The number of aryl methyl sites for hydroxylation is 1. The topological polar surface area (TPSA) is 0 Å². The van der Waals surface area contributed by atoms with Crippen LogP contribution in [0.1, 0.15) is 31.7 Å². The summed E-state index contributed by atoms with van der Waals surface area (Å²) in [5.41, 5.74) is 1.46. The first-order valence-electron chi connectivity index (χ1n) is 7.39. The summed E-state index contributed by atoms with van der Waals surface area (Å²) in [7, 11) is 0. The zero-order valence-corrected chi connectivity index (χ0v) is 13.4. The molecular formula is C19H19Br. The molecule has 0 aliphatic rings. The summed E-state index contributed by atoms with van der Waals surface area (Å²) < 4.78 is 1.14. The van der Waals surface area contributed by atoms with Gasteiger partial charge in [-0.2, -0.15) is 0 Å². The molecule has 0 saturated heterocycles. The number of unbranched alkanes of at least 4 members (excludes halogenated alkanes) is 2. The maximum atomic E-state index is 3.54. The number of fused-ring (bicyclic) bond motifs is 3. The van der Waals surface area contributed by atoms with Crippen LogP contribution in [0.15, 0.2) is 53.0 Å². The molecule has 0 amide bonds. The van der Waals surface area contributed by atoms with Crippen molar-refractivity contribution in [1.82, 2.24) is 0 Å². The summed E-state index contributed by atoms with van der Waals surface area (Å²) in [6.07, 6.45) is 5.10. The first kappa shape index (κ1) is 13.6. The number of rotatable bonds is 4. The molecule has 0 spiro atoms. The lowest BCUT2D eigenvalue weighted by molar-refractivity contribution is 0.718. The lowest BCUT2D eigenvalue weighted by Crippen LogP contribution is -1.86. The second-order valence-corrected chi connectivity index (χ2v) is 6.36. The summed E-state index contributed by atoms with van der Waals surface area (Å²) >= 11 is 3.54. The summed E-state index contributed by atoms with van der Waals surface area (Å²) in [6.45, 7) is 2.25. The van der Waals surface area contributed by atoms with E-state index in [-0.39, 0.29) is 0 Å². The van der Waals surface area contributed by atoms with E-state index in [0.29, 0.717) is 0 Å². The Hall–Kier alpha value is -1.34. The molecule has 0 fully saturated rings. The summed E-state index contributed by atoms with van der Waals surface area (Å²) in [5, 5.41) is 5.35. The molecule has 0 saturated carbocycles. The summed E-state index contributed by atoms with van der Waals surface area (Å²) in [5.74, 6) is 0. The second-order valence-electron chi connectivity index (χ2n) is 5.44. The largest absolute Gasteiger partial charge is 0.0654 e. The highest BCUT2D eigenvalue weighted by molar-refractivity contribution is 9.10. The van der Waals surface area contributed by atoms with Crippen LogP contribution in [0.25, 0.3) is 21.5 Å². The molecule has 0 bridgehead atoms. The van der Waals surface area contributed by atoms with Crippen LogP contribution in [-0.4, -0.2) is 0 Å². The second kappa shape index (κ2) is 5.97. The molecule has 3 aromatic rings. The molecule has 0 aliphatic carbocycles.